The van der Waals surface area contributed by atoms with E-state index in [0.717, 1.165) is 40.7 Å². The molecule has 0 aliphatic rings. The predicted octanol–water partition coefficient (Wildman–Crippen LogP) is 5.57. The molecule has 182 valence electrons. The number of hydrogen-bond acceptors (Lipinski definition) is 5. The second kappa shape index (κ2) is 10.2. The number of benzene rings is 2. The number of halogens is 3. The molecular weight excluding hydrogens is 467 g/mol. The fourth-order valence-corrected chi connectivity index (χ4v) is 3.36. The first-order valence-corrected chi connectivity index (χ1v) is 10.2. The third-order valence-electron chi connectivity index (χ3n) is 4.66. The smallest absolute Gasteiger partial charge is 0.465 e. The molecule has 35 heavy (non-hydrogen) atoms. The maximum atomic E-state index is 12.7. The number of Topliss-reactive ketones (excluding diaryl/α,β-unsaturated/α-hetero) is 1. The van der Waals surface area contributed by atoms with Gasteiger partial charge in [-0.25, -0.2) is 4.79 Å². The van der Waals surface area contributed by atoms with E-state index in [9.17, 15) is 27.6 Å². The Kier molecular flexibility index (Phi) is 7.38. The molecule has 0 saturated carbocycles. The molecule has 0 fully saturated rings. The number of anilines is 2. The van der Waals surface area contributed by atoms with Crippen LogP contribution in [0.2, 0.25) is 0 Å². The molecule has 3 rings (SSSR count). The molecule has 0 saturated heterocycles. The van der Waals surface area contributed by atoms with Gasteiger partial charge < -0.3 is 15.2 Å². The minimum atomic E-state index is -4.99. The molecule has 11 heteroatoms. The van der Waals surface area contributed by atoms with Gasteiger partial charge in [0, 0.05) is 23.0 Å². The Morgan fingerprint density at radius 3 is 2.23 bits per heavy atom. The molecule has 0 spiro atoms. The molecule has 0 radical (unpaired) electrons. The number of nitrogens with one attached hydrogen (secondary N) is 2. The van der Waals surface area contributed by atoms with Gasteiger partial charge in [-0.1, -0.05) is 18.2 Å². The fraction of sp³-hybridized carbons (Fsp3) is 0.167. The maximum Gasteiger partial charge on any atom is 0.573 e. The Morgan fingerprint density at radius 1 is 0.914 bits per heavy atom. The highest BCUT2D eigenvalue weighted by Gasteiger charge is 2.31. The molecule has 0 aliphatic carbocycles. The van der Waals surface area contributed by atoms with Crippen LogP contribution in [0.4, 0.5) is 29.3 Å². The average molecular weight is 487 g/mol. The summed E-state index contributed by atoms with van der Waals surface area (Å²) in [6.45, 7) is 3.69. The van der Waals surface area contributed by atoms with Gasteiger partial charge >= 0.3 is 12.5 Å². The minimum absolute atomic E-state index is 0.196. The largest absolute Gasteiger partial charge is 0.573 e. The summed E-state index contributed by atoms with van der Waals surface area (Å²) in [6, 6.07) is 13.0. The number of carbonyl (C=O) groups is 3. The van der Waals surface area contributed by atoms with Gasteiger partial charge in [0.05, 0.1) is 17.8 Å². The zero-order valence-electron chi connectivity index (χ0n) is 18.6. The fourth-order valence-electron chi connectivity index (χ4n) is 3.36. The number of amides is 2. The summed E-state index contributed by atoms with van der Waals surface area (Å²) >= 11 is 0. The Balaban J connectivity index is 1.78. The van der Waals surface area contributed by atoms with Crippen LogP contribution in [0, 0.1) is 13.8 Å². The highest BCUT2D eigenvalue weighted by atomic mass is 19.4. The highest BCUT2D eigenvalue weighted by molar-refractivity contribution is 6.12. The molecule has 0 bridgehead atoms. The summed E-state index contributed by atoms with van der Waals surface area (Å²) < 4.78 is 41.4. The number of pyridine rings is 1. The van der Waals surface area contributed by atoms with Gasteiger partial charge in [0.2, 0.25) is 5.91 Å². The number of alkyl halides is 3. The molecule has 8 nitrogen and oxygen atoms in total. The van der Waals surface area contributed by atoms with Crippen molar-refractivity contribution in [2.45, 2.75) is 26.6 Å². The lowest BCUT2D eigenvalue weighted by molar-refractivity contribution is -0.274. The summed E-state index contributed by atoms with van der Waals surface area (Å²) in [4.78, 5) is 40.5. The van der Waals surface area contributed by atoms with Gasteiger partial charge in [-0.3, -0.25) is 19.9 Å². The van der Waals surface area contributed by atoms with Gasteiger partial charge in [-0.2, -0.15) is 0 Å². The number of ketones is 1. The van der Waals surface area contributed by atoms with Gasteiger partial charge in [0.1, 0.15) is 5.75 Å². The van der Waals surface area contributed by atoms with Crippen LogP contribution >= 0.6 is 0 Å². The van der Waals surface area contributed by atoms with E-state index < -0.39 is 36.3 Å². The van der Waals surface area contributed by atoms with Crippen LogP contribution in [0.5, 0.6) is 5.75 Å². The number of ether oxygens (including phenoxy) is 1. The Bertz CT molecular complexity index is 1270. The van der Waals surface area contributed by atoms with Crippen LogP contribution in [0.3, 0.4) is 0 Å². The summed E-state index contributed by atoms with van der Waals surface area (Å²) in [5, 5.41) is 13.2. The summed E-state index contributed by atoms with van der Waals surface area (Å²) in [7, 11) is 0. The number of nitrogens with zero attached hydrogens (tertiary/aromatic N) is 1. The van der Waals surface area contributed by atoms with Crippen molar-refractivity contribution in [3.05, 3.63) is 71.5 Å². The normalized spacial score (nSPS) is 11.0. The van der Waals surface area contributed by atoms with Crippen molar-refractivity contribution in [2.24, 2.45) is 0 Å². The van der Waals surface area contributed by atoms with Crippen LogP contribution in [0.1, 0.15) is 28.2 Å². The first-order valence-electron chi connectivity index (χ1n) is 10.2. The summed E-state index contributed by atoms with van der Waals surface area (Å²) in [5.74, 6) is -2.07. The zero-order valence-corrected chi connectivity index (χ0v) is 18.6. The lowest BCUT2D eigenvalue weighted by Gasteiger charge is -2.14. The number of aromatic nitrogens is 1. The Hall–Kier alpha value is -4.41. The number of carboxylic acid groups (broad SMARTS) is 1. The second-order valence-corrected chi connectivity index (χ2v) is 7.55. The van der Waals surface area contributed by atoms with Crippen molar-refractivity contribution < 1.29 is 37.4 Å². The van der Waals surface area contributed by atoms with Crippen molar-refractivity contribution >= 4 is 29.2 Å². The van der Waals surface area contributed by atoms with E-state index in [2.05, 4.69) is 15.0 Å². The summed E-state index contributed by atoms with van der Waals surface area (Å²) in [6.07, 6.45) is -7.12. The molecule has 2 aromatic carbocycles. The molecule has 3 aromatic rings. The number of rotatable bonds is 7. The van der Waals surface area contributed by atoms with Crippen LogP contribution < -0.4 is 15.4 Å². The van der Waals surface area contributed by atoms with Crippen molar-refractivity contribution in [3.63, 3.8) is 0 Å². The van der Waals surface area contributed by atoms with Crippen LogP contribution in [-0.4, -0.2) is 34.2 Å². The van der Waals surface area contributed by atoms with Gasteiger partial charge in [-0.15, -0.1) is 13.2 Å². The predicted molar refractivity (Wildman–Crippen MR) is 121 cm³/mol. The molecular formula is C24H20F3N3O5. The van der Waals surface area contributed by atoms with E-state index >= 15 is 0 Å². The summed E-state index contributed by atoms with van der Waals surface area (Å²) in [5.41, 5.74) is 2.96. The Labute approximate surface area is 197 Å². The molecule has 0 aliphatic heterocycles. The molecule has 1 heterocycles. The molecule has 0 atom stereocenters. The van der Waals surface area contributed by atoms with Crippen molar-refractivity contribution in [1.29, 1.82) is 0 Å². The number of aryl methyl sites for hydroxylation is 2. The second-order valence-electron chi connectivity index (χ2n) is 7.55. The van der Waals surface area contributed by atoms with Gasteiger partial charge in [-0.05, 0) is 55.3 Å². The van der Waals surface area contributed by atoms with Crippen molar-refractivity contribution in [1.82, 2.24) is 4.98 Å². The quantitative estimate of drug-likeness (QED) is 0.296. The molecule has 2 amide bonds. The standard InChI is InChI=1S/C24H20F3N3O5/c1-13-8-17(9-14(2)28-13)15-4-3-5-16(10-15)21(31)12-22(32)29-20-11-18(35-24(25,26)27)6-7-19(20)30-23(33)34/h3-11,30H,12H2,1-2H3,(H,29,32)(H,33,34). The third-order valence-corrected chi connectivity index (χ3v) is 4.66. The lowest BCUT2D eigenvalue weighted by atomic mass is 9.99. The number of carbonyl (C=O) groups excluding carboxylic acids is 2. The topological polar surface area (TPSA) is 118 Å². The van der Waals surface area contributed by atoms with Crippen LogP contribution in [0.15, 0.2) is 54.6 Å². The van der Waals surface area contributed by atoms with E-state index in [1.165, 1.54) is 6.07 Å². The van der Waals surface area contributed by atoms with E-state index in [1.807, 2.05) is 31.3 Å². The zero-order chi connectivity index (χ0) is 25.8. The van der Waals surface area contributed by atoms with E-state index in [1.54, 1.807) is 18.2 Å². The SMILES string of the molecule is Cc1cc(-c2cccc(C(=O)CC(=O)Nc3cc(OC(F)(F)F)ccc3NC(=O)O)c2)cc(C)n1. The lowest BCUT2D eigenvalue weighted by Crippen LogP contribution is -2.20. The van der Waals surface area contributed by atoms with E-state index in [-0.39, 0.29) is 16.9 Å². The van der Waals surface area contributed by atoms with Crippen molar-refractivity contribution in [2.75, 3.05) is 10.6 Å². The first-order chi connectivity index (χ1) is 16.4. The van der Waals surface area contributed by atoms with Gasteiger partial charge in [0.25, 0.3) is 0 Å². The van der Waals surface area contributed by atoms with Crippen LogP contribution in [0.25, 0.3) is 11.1 Å². The van der Waals surface area contributed by atoms with Crippen LogP contribution in [-0.2, 0) is 4.79 Å². The number of hydrogen-bond donors (Lipinski definition) is 3. The first kappa shape index (κ1) is 25.2. The van der Waals surface area contributed by atoms with E-state index in [4.69, 9.17) is 5.11 Å². The molecule has 1 aromatic heterocycles. The molecule has 3 N–H and O–H groups in total. The van der Waals surface area contributed by atoms with Crippen molar-refractivity contribution in [3.8, 4) is 16.9 Å². The molecule has 0 unspecified atom stereocenters. The monoisotopic (exact) mass is 487 g/mol. The minimum Gasteiger partial charge on any atom is -0.465 e. The maximum absolute atomic E-state index is 12.7. The Morgan fingerprint density at radius 2 is 1.60 bits per heavy atom. The highest BCUT2D eigenvalue weighted by Crippen LogP contribution is 2.31. The van der Waals surface area contributed by atoms with Gasteiger partial charge in [0.15, 0.2) is 5.78 Å². The average Bonchev–Trinajstić information content (AvgIpc) is 2.73. The third kappa shape index (κ3) is 7.29. The van der Waals surface area contributed by atoms with E-state index in [0.29, 0.717) is 0 Å².